The van der Waals surface area contributed by atoms with Crippen molar-refractivity contribution in [2.75, 3.05) is 20.3 Å². The Kier molecular flexibility index (Phi) is 10.7. The average molecular weight is 601 g/mol. The van der Waals surface area contributed by atoms with Gasteiger partial charge in [-0.2, -0.15) is 0 Å². The molecule has 1 aliphatic carbocycles. The smallest absolute Gasteiger partial charge is 0.410 e. The number of aliphatic hydroxyl groups excluding tert-OH is 1. The fourth-order valence-corrected chi connectivity index (χ4v) is 6.42. The molecule has 0 aromatic heterocycles. The number of nitrogens with one attached hydrogen (secondary N) is 2. The fourth-order valence-electron chi connectivity index (χ4n) is 6.42. The van der Waals surface area contributed by atoms with Crippen LogP contribution in [0.4, 0.5) is 4.79 Å². The van der Waals surface area contributed by atoms with E-state index in [2.05, 4.69) is 22.8 Å². The largest absolute Gasteiger partial charge is 0.444 e. The molecule has 11 nitrogen and oxygen atoms in total. The summed E-state index contributed by atoms with van der Waals surface area (Å²) in [4.78, 5) is 56.8. The molecule has 3 aliphatic rings. The van der Waals surface area contributed by atoms with Gasteiger partial charge in [0.05, 0.1) is 25.4 Å². The molecule has 4 rings (SSSR count). The Morgan fingerprint density at radius 3 is 2.51 bits per heavy atom. The van der Waals surface area contributed by atoms with Gasteiger partial charge in [0.15, 0.2) is 0 Å². The van der Waals surface area contributed by atoms with Gasteiger partial charge in [-0.3, -0.25) is 19.3 Å². The third kappa shape index (κ3) is 8.06. The first-order valence-corrected chi connectivity index (χ1v) is 15.6. The zero-order valence-corrected chi connectivity index (χ0v) is 26.1. The van der Waals surface area contributed by atoms with Gasteiger partial charge in [-0.05, 0) is 83.8 Å². The van der Waals surface area contributed by atoms with Gasteiger partial charge >= 0.3 is 6.09 Å². The summed E-state index contributed by atoms with van der Waals surface area (Å²) < 4.78 is 11.3. The fraction of sp³-hybridized carbons (Fsp3) is 0.688. The third-order valence-electron chi connectivity index (χ3n) is 8.77. The summed E-state index contributed by atoms with van der Waals surface area (Å²) in [6.07, 6.45) is 4.51. The molecular weight excluding hydrogens is 552 g/mol. The Morgan fingerprint density at radius 2 is 1.79 bits per heavy atom. The number of aliphatic hydroxyl groups is 1. The average Bonchev–Trinajstić information content (AvgIpc) is 3.39. The summed E-state index contributed by atoms with van der Waals surface area (Å²) in [6, 6.07) is 5.39. The number of hydrogen-bond acceptors (Lipinski definition) is 7. The van der Waals surface area contributed by atoms with Crippen molar-refractivity contribution in [2.24, 2.45) is 0 Å². The zero-order valence-electron chi connectivity index (χ0n) is 26.1. The quantitative estimate of drug-likeness (QED) is 0.417. The van der Waals surface area contributed by atoms with E-state index >= 15 is 0 Å². The third-order valence-corrected chi connectivity index (χ3v) is 8.77. The molecule has 0 bridgehead atoms. The van der Waals surface area contributed by atoms with Crippen LogP contribution < -0.4 is 10.6 Å². The Hall–Kier alpha value is -3.18. The predicted octanol–water partition coefficient (Wildman–Crippen LogP) is 2.84. The number of aryl methyl sites for hydroxylation is 1. The van der Waals surface area contributed by atoms with Crippen LogP contribution >= 0.6 is 0 Å². The molecule has 0 spiro atoms. The van der Waals surface area contributed by atoms with Crippen molar-refractivity contribution in [2.45, 2.75) is 121 Å². The van der Waals surface area contributed by atoms with Crippen molar-refractivity contribution in [1.29, 1.82) is 0 Å². The molecular formula is C32H48N4O7. The minimum Gasteiger partial charge on any atom is -0.444 e. The van der Waals surface area contributed by atoms with Crippen LogP contribution in [0.2, 0.25) is 0 Å². The van der Waals surface area contributed by atoms with E-state index in [1.165, 1.54) is 17.5 Å². The molecule has 0 unspecified atom stereocenters. The van der Waals surface area contributed by atoms with Gasteiger partial charge in [0, 0.05) is 19.5 Å². The molecule has 43 heavy (non-hydrogen) atoms. The summed E-state index contributed by atoms with van der Waals surface area (Å²) >= 11 is 0. The molecule has 2 heterocycles. The summed E-state index contributed by atoms with van der Waals surface area (Å²) in [7, 11) is 1.48. The Bertz CT molecular complexity index is 1170. The lowest BCUT2D eigenvalue weighted by Crippen LogP contribution is -2.59. The van der Waals surface area contributed by atoms with Crippen molar-refractivity contribution in [3.05, 3.63) is 35.4 Å². The van der Waals surface area contributed by atoms with Crippen LogP contribution in [0.15, 0.2) is 24.3 Å². The molecule has 4 amide bonds. The molecule has 0 radical (unpaired) electrons. The van der Waals surface area contributed by atoms with Crippen molar-refractivity contribution in [3.8, 4) is 0 Å². The summed E-state index contributed by atoms with van der Waals surface area (Å²) in [5.74, 6) is -1.01. The van der Waals surface area contributed by atoms with Crippen LogP contribution in [-0.2, 0) is 30.3 Å². The van der Waals surface area contributed by atoms with Crippen LogP contribution in [0.1, 0.15) is 89.8 Å². The SMILES string of the molecule is C[C@@H](C(=O)N[C@H]1C[C@H](OCCO)CC[C@H]2CC[C@@H](C(=O)N[C@@H]3CCCc4ccccc43)N2C1=O)N(C)C(=O)OC(C)(C)C. The molecule has 2 aliphatic heterocycles. The number of fused-ring (bicyclic) bond motifs is 2. The van der Waals surface area contributed by atoms with Crippen molar-refractivity contribution >= 4 is 23.8 Å². The second kappa shape index (κ2) is 14.1. The number of benzene rings is 1. The molecule has 1 aromatic carbocycles. The standard InChI is InChI=1S/C32H48N4O7/c1-20(35(5)31(41)43-32(2,3)4)28(38)34-26-19-23(42-18-17-37)15-13-22-14-16-27(36(22)30(26)40)29(39)33-25-12-8-10-21-9-6-7-11-24(21)25/h6-7,9,11,20,22-23,25-27,37H,8,10,12-19H2,1-5H3,(H,33,39)(H,34,38)/t20-,22-,23+,25+,26-,27-/m0/s1. The van der Waals surface area contributed by atoms with E-state index in [4.69, 9.17) is 9.47 Å². The maximum absolute atomic E-state index is 14.2. The summed E-state index contributed by atoms with van der Waals surface area (Å²) in [5.41, 5.74) is 1.65. The second-order valence-corrected chi connectivity index (χ2v) is 13.0. The molecule has 3 N–H and O–H groups in total. The van der Waals surface area contributed by atoms with Crippen molar-refractivity contribution < 1.29 is 33.8 Å². The first kappa shape index (κ1) is 32.7. The van der Waals surface area contributed by atoms with Gasteiger partial charge in [0.25, 0.3) is 0 Å². The molecule has 1 aromatic rings. The van der Waals surface area contributed by atoms with Gasteiger partial charge in [-0.15, -0.1) is 0 Å². The first-order chi connectivity index (χ1) is 20.4. The number of amides is 4. The van der Waals surface area contributed by atoms with Crippen LogP contribution in [0, 0.1) is 0 Å². The number of hydrogen-bond donors (Lipinski definition) is 3. The number of carbonyl (C=O) groups is 4. The highest BCUT2D eigenvalue weighted by molar-refractivity contribution is 5.94. The number of likely N-dealkylation sites (N-methyl/N-ethyl adjacent to an activating group) is 1. The maximum Gasteiger partial charge on any atom is 0.410 e. The molecule has 2 saturated heterocycles. The lowest BCUT2D eigenvalue weighted by atomic mass is 9.87. The predicted molar refractivity (Wildman–Crippen MR) is 160 cm³/mol. The van der Waals surface area contributed by atoms with Crippen molar-refractivity contribution in [3.63, 3.8) is 0 Å². The summed E-state index contributed by atoms with van der Waals surface area (Å²) in [5, 5.41) is 15.4. The van der Waals surface area contributed by atoms with E-state index in [0.717, 1.165) is 24.8 Å². The molecule has 6 atom stereocenters. The number of carbonyl (C=O) groups excluding carboxylic acids is 4. The highest BCUT2D eigenvalue weighted by Crippen LogP contribution is 2.34. The molecule has 0 saturated carbocycles. The van der Waals surface area contributed by atoms with E-state index in [9.17, 15) is 24.3 Å². The van der Waals surface area contributed by atoms with E-state index in [-0.39, 0.29) is 49.6 Å². The topological polar surface area (TPSA) is 138 Å². The second-order valence-electron chi connectivity index (χ2n) is 13.0. The number of rotatable bonds is 8. The van der Waals surface area contributed by atoms with Crippen LogP contribution in [-0.4, -0.2) is 94.9 Å². The Morgan fingerprint density at radius 1 is 1.07 bits per heavy atom. The van der Waals surface area contributed by atoms with Crippen molar-refractivity contribution in [1.82, 2.24) is 20.4 Å². The molecule has 2 fully saturated rings. The van der Waals surface area contributed by atoms with Gasteiger partial charge in [-0.1, -0.05) is 24.3 Å². The minimum atomic E-state index is -0.961. The van der Waals surface area contributed by atoms with Gasteiger partial charge < -0.3 is 30.1 Å². The maximum atomic E-state index is 14.2. The lowest BCUT2D eigenvalue weighted by Gasteiger charge is -2.38. The number of nitrogens with zero attached hydrogens (tertiary/aromatic N) is 2. The van der Waals surface area contributed by atoms with Crippen LogP contribution in [0.3, 0.4) is 0 Å². The lowest BCUT2D eigenvalue weighted by molar-refractivity contribution is -0.146. The van der Waals surface area contributed by atoms with Crippen LogP contribution in [0.5, 0.6) is 0 Å². The van der Waals surface area contributed by atoms with E-state index < -0.39 is 35.7 Å². The monoisotopic (exact) mass is 600 g/mol. The molecule has 238 valence electrons. The highest BCUT2D eigenvalue weighted by atomic mass is 16.6. The van der Waals surface area contributed by atoms with Crippen LogP contribution in [0.25, 0.3) is 0 Å². The summed E-state index contributed by atoms with van der Waals surface area (Å²) in [6.45, 7) is 6.78. The first-order valence-electron chi connectivity index (χ1n) is 15.6. The van der Waals surface area contributed by atoms with E-state index in [1.807, 2.05) is 12.1 Å². The minimum absolute atomic E-state index is 0.0997. The number of ether oxygens (including phenoxy) is 2. The highest BCUT2D eigenvalue weighted by Gasteiger charge is 2.46. The molecule has 11 heteroatoms. The zero-order chi connectivity index (χ0) is 31.3. The van der Waals surface area contributed by atoms with Gasteiger partial charge in [0.2, 0.25) is 17.7 Å². The normalized spacial score (nSPS) is 26.3. The van der Waals surface area contributed by atoms with Gasteiger partial charge in [-0.25, -0.2) is 4.79 Å². The van der Waals surface area contributed by atoms with E-state index in [1.54, 1.807) is 32.6 Å². The van der Waals surface area contributed by atoms with Gasteiger partial charge in [0.1, 0.15) is 23.7 Å². The van der Waals surface area contributed by atoms with E-state index in [0.29, 0.717) is 25.7 Å². The Labute approximate surface area is 254 Å². The Balaban J connectivity index is 1.51.